The van der Waals surface area contributed by atoms with Crippen LogP contribution in [0.1, 0.15) is 43.9 Å². The van der Waals surface area contributed by atoms with E-state index in [9.17, 15) is 18.0 Å². The van der Waals surface area contributed by atoms with E-state index in [1.165, 1.54) is 21.3 Å². The monoisotopic (exact) mass is 574 g/mol. The first kappa shape index (κ1) is 29.1. The standard InChI is InChI=1S/C28H35ClN4O5S/c1-5-38-27(34)25-24(31(4)28(35)30-26(25)21-8-6-20(7-9-21)19(2)3)18-32-14-16-33(17-15-32)39(36,37)23-12-10-22(29)11-13-23/h6-13,19,26H,5,14-18H2,1-4H3,(H,30,35)/t26-/m0/s1. The maximum absolute atomic E-state index is 13.3. The average Bonchev–Trinajstić information content (AvgIpc) is 2.92. The highest BCUT2D eigenvalue weighted by atomic mass is 35.5. The van der Waals surface area contributed by atoms with Crippen LogP contribution in [0.25, 0.3) is 0 Å². The number of benzene rings is 2. The summed E-state index contributed by atoms with van der Waals surface area (Å²) >= 11 is 5.92. The first-order valence-corrected chi connectivity index (χ1v) is 14.9. The number of hydrogen-bond acceptors (Lipinski definition) is 6. The van der Waals surface area contributed by atoms with Crippen LogP contribution in [0.15, 0.2) is 64.7 Å². The van der Waals surface area contributed by atoms with E-state index in [1.807, 2.05) is 24.3 Å². The highest BCUT2D eigenvalue weighted by Gasteiger charge is 2.38. The lowest BCUT2D eigenvalue weighted by Gasteiger charge is -2.39. The van der Waals surface area contributed by atoms with Crippen LogP contribution in [-0.4, -0.2) is 80.9 Å². The molecule has 2 aliphatic rings. The number of nitrogens with one attached hydrogen (secondary N) is 1. The third kappa shape index (κ3) is 6.30. The van der Waals surface area contributed by atoms with Gasteiger partial charge in [-0.05, 0) is 48.2 Å². The molecule has 0 aromatic heterocycles. The average molecular weight is 575 g/mol. The predicted molar refractivity (Wildman–Crippen MR) is 150 cm³/mol. The van der Waals surface area contributed by atoms with E-state index in [0.29, 0.717) is 41.8 Å². The van der Waals surface area contributed by atoms with Gasteiger partial charge in [-0.2, -0.15) is 4.31 Å². The van der Waals surface area contributed by atoms with Gasteiger partial charge in [-0.25, -0.2) is 18.0 Å². The van der Waals surface area contributed by atoms with Crippen LogP contribution in [0, 0.1) is 0 Å². The van der Waals surface area contributed by atoms with Crippen molar-refractivity contribution < 1.29 is 22.7 Å². The number of esters is 1. The van der Waals surface area contributed by atoms with Gasteiger partial charge in [0, 0.05) is 50.5 Å². The SMILES string of the molecule is CCOC(=O)C1=C(CN2CCN(S(=O)(=O)c3ccc(Cl)cc3)CC2)N(C)C(=O)N[C@H]1c1ccc(C(C)C)cc1. The number of urea groups is 1. The molecule has 4 rings (SSSR count). The molecule has 1 N–H and O–H groups in total. The number of carbonyl (C=O) groups is 2. The molecular formula is C28H35ClN4O5S. The van der Waals surface area contributed by atoms with Gasteiger partial charge >= 0.3 is 12.0 Å². The molecule has 0 aliphatic carbocycles. The van der Waals surface area contributed by atoms with Crippen molar-refractivity contribution in [1.29, 1.82) is 0 Å². The fourth-order valence-electron chi connectivity index (χ4n) is 4.82. The fraction of sp³-hybridized carbons (Fsp3) is 0.429. The third-order valence-corrected chi connectivity index (χ3v) is 9.33. The molecule has 2 aliphatic heterocycles. The molecule has 0 bridgehead atoms. The summed E-state index contributed by atoms with van der Waals surface area (Å²) in [6.07, 6.45) is 0. The Morgan fingerprint density at radius 1 is 1.05 bits per heavy atom. The van der Waals surface area contributed by atoms with Crippen molar-refractivity contribution in [2.45, 2.75) is 37.6 Å². The zero-order valence-electron chi connectivity index (χ0n) is 22.7. The first-order chi connectivity index (χ1) is 18.5. The lowest BCUT2D eigenvalue weighted by Crippen LogP contribution is -2.53. The molecule has 2 aromatic carbocycles. The number of amides is 2. The molecule has 210 valence electrons. The molecule has 2 amide bonds. The summed E-state index contributed by atoms with van der Waals surface area (Å²) in [6, 6.07) is 13.0. The Bertz CT molecular complexity index is 1340. The number of piperazine rings is 1. The largest absolute Gasteiger partial charge is 0.463 e. The third-order valence-electron chi connectivity index (χ3n) is 7.16. The van der Waals surface area contributed by atoms with Gasteiger partial charge in [0.2, 0.25) is 10.0 Å². The number of ether oxygens (including phenoxy) is 1. The Balaban J connectivity index is 1.59. The molecule has 9 nitrogen and oxygen atoms in total. The molecule has 1 atom stereocenters. The van der Waals surface area contributed by atoms with Crippen molar-refractivity contribution in [2.24, 2.45) is 0 Å². The predicted octanol–water partition coefficient (Wildman–Crippen LogP) is 3.98. The summed E-state index contributed by atoms with van der Waals surface area (Å²) in [7, 11) is -2.03. The minimum Gasteiger partial charge on any atom is -0.463 e. The number of carbonyl (C=O) groups excluding carboxylic acids is 2. The number of hydrogen-bond donors (Lipinski definition) is 1. The van der Waals surface area contributed by atoms with E-state index < -0.39 is 22.0 Å². The van der Waals surface area contributed by atoms with E-state index in [2.05, 4.69) is 24.1 Å². The molecule has 0 radical (unpaired) electrons. The number of sulfonamides is 1. The van der Waals surface area contributed by atoms with Crippen LogP contribution in [0.4, 0.5) is 4.79 Å². The van der Waals surface area contributed by atoms with Gasteiger partial charge < -0.3 is 10.1 Å². The summed E-state index contributed by atoms with van der Waals surface area (Å²) in [5.41, 5.74) is 2.88. The number of halogens is 1. The maximum Gasteiger partial charge on any atom is 0.338 e. The summed E-state index contributed by atoms with van der Waals surface area (Å²) < 4.78 is 33.1. The van der Waals surface area contributed by atoms with Crippen LogP contribution in [0.5, 0.6) is 0 Å². The quantitative estimate of drug-likeness (QED) is 0.479. The molecule has 1 fully saturated rings. The molecule has 2 heterocycles. The molecule has 1 saturated heterocycles. The zero-order chi connectivity index (χ0) is 28.3. The summed E-state index contributed by atoms with van der Waals surface area (Å²) in [5, 5.41) is 3.42. The fourth-order valence-corrected chi connectivity index (χ4v) is 6.37. The molecule has 0 saturated carbocycles. The molecular weight excluding hydrogens is 540 g/mol. The van der Waals surface area contributed by atoms with E-state index in [1.54, 1.807) is 26.1 Å². The number of likely N-dealkylation sites (N-methyl/N-ethyl adjacent to an activating group) is 1. The minimum absolute atomic E-state index is 0.197. The van der Waals surface area contributed by atoms with E-state index in [0.717, 1.165) is 11.1 Å². The summed E-state index contributed by atoms with van der Waals surface area (Å²) in [5.74, 6) is -0.134. The van der Waals surface area contributed by atoms with E-state index >= 15 is 0 Å². The topological polar surface area (TPSA) is 99.3 Å². The highest BCUT2D eigenvalue weighted by molar-refractivity contribution is 7.89. The minimum atomic E-state index is -3.65. The molecule has 0 unspecified atom stereocenters. The van der Waals surface area contributed by atoms with Crippen molar-refractivity contribution in [3.05, 3.63) is 76.0 Å². The number of rotatable bonds is 8. The maximum atomic E-state index is 13.3. The Labute approximate surface area is 235 Å². The molecule has 0 spiro atoms. The molecule has 2 aromatic rings. The Morgan fingerprint density at radius 2 is 1.67 bits per heavy atom. The lowest BCUT2D eigenvalue weighted by atomic mass is 9.92. The van der Waals surface area contributed by atoms with Crippen molar-refractivity contribution in [3.8, 4) is 0 Å². The number of nitrogens with zero attached hydrogens (tertiary/aromatic N) is 3. The van der Waals surface area contributed by atoms with E-state index in [4.69, 9.17) is 16.3 Å². The Hall–Kier alpha value is -2.92. The van der Waals surface area contributed by atoms with Crippen molar-refractivity contribution in [1.82, 2.24) is 19.4 Å². The van der Waals surface area contributed by atoms with Gasteiger partial charge in [0.25, 0.3) is 0 Å². The van der Waals surface area contributed by atoms with Crippen LogP contribution >= 0.6 is 11.6 Å². The van der Waals surface area contributed by atoms with Crippen molar-refractivity contribution in [3.63, 3.8) is 0 Å². The lowest BCUT2D eigenvalue weighted by molar-refractivity contribution is -0.139. The van der Waals surface area contributed by atoms with Crippen molar-refractivity contribution in [2.75, 3.05) is 46.4 Å². The van der Waals surface area contributed by atoms with E-state index in [-0.39, 0.29) is 30.6 Å². The normalized spacial score (nSPS) is 19.4. The van der Waals surface area contributed by atoms with Gasteiger partial charge in [0.05, 0.1) is 23.1 Å². The van der Waals surface area contributed by atoms with Crippen LogP contribution < -0.4 is 5.32 Å². The first-order valence-electron chi connectivity index (χ1n) is 13.0. The van der Waals surface area contributed by atoms with Gasteiger partial charge in [0.15, 0.2) is 0 Å². The van der Waals surface area contributed by atoms with Crippen LogP contribution in [0.2, 0.25) is 5.02 Å². The Morgan fingerprint density at radius 3 is 2.23 bits per heavy atom. The summed E-state index contributed by atoms with van der Waals surface area (Å²) in [6.45, 7) is 7.90. The van der Waals surface area contributed by atoms with Gasteiger partial charge in [0.1, 0.15) is 0 Å². The smallest absolute Gasteiger partial charge is 0.338 e. The van der Waals surface area contributed by atoms with Gasteiger partial charge in [-0.3, -0.25) is 9.80 Å². The zero-order valence-corrected chi connectivity index (χ0v) is 24.3. The van der Waals surface area contributed by atoms with Crippen LogP contribution in [0.3, 0.4) is 0 Å². The van der Waals surface area contributed by atoms with Gasteiger partial charge in [-0.15, -0.1) is 0 Å². The van der Waals surface area contributed by atoms with Crippen molar-refractivity contribution >= 4 is 33.6 Å². The second-order valence-corrected chi connectivity index (χ2v) is 12.4. The highest BCUT2D eigenvalue weighted by Crippen LogP contribution is 2.32. The summed E-state index contributed by atoms with van der Waals surface area (Å²) in [4.78, 5) is 30.0. The van der Waals surface area contributed by atoms with Crippen LogP contribution in [-0.2, 0) is 19.6 Å². The molecule has 11 heteroatoms. The second kappa shape index (κ2) is 12.1. The Kier molecular flexibility index (Phi) is 9.00. The second-order valence-electron chi connectivity index (χ2n) is 9.98. The molecule has 39 heavy (non-hydrogen) atoms. The van der Waals surface area contributed by atoms with Gasteiger partial charge in [-0.1, -0.05) is 49.7 Å².